The van der Waals surface area contributed by atoms with Crippen LogP contribution in [0.25, 0.3) is 0 Å². The van der Waals surface area contributed by atoms with Crippen molar-refractivity contribution >= 4 is 29.2 Å². The molecular weight excluding hydrogens is 314 g/mol. The van der Waals surface area contributed by atoms with Crippen LogP contribution in [0.5, 0.6) is 0 Å². The fraction of sp³-hybridized carbons (Fsp3) is 0.222. The Bertz CT molecular complexity index is 673. The molecule has 2 aromatic carbocycles. The maximum atomic E-state index is 12.0. The molecule has 1 atom stereocenters. The highest BCUT2D eigenvalue weighted by molar-refractivity contribution is 6.33. The van der Waals surface area contributed by atoms with E-state index in [0.29, 0.717) is 17.1 Å². The predicted molar refractivity (Wildman–Crippen MR) is 90.4 cm³/mol. The number of nitrogens with one attached hydrogen (secondary N) is 1. The molecule has 0 aromatic heterocycles. The standard InChI is InChI=1S/C18H18ClNO3/c1-13(18(22)20-16-10-6-5-9-15(16)19)23-17(21)12-11-14-7-3-2-4-8-14/h2-10,13H,11-12H2,1H3,(H,20,22)/t13-/m0/s1. The number of esters is 1. The number of hydrogen-bond donors (Lipinski definition) is 1. The smallest absolute Gasteiger partial charge is 0.306 e. The number of amides is 1. The van der Waals surface area contributed by atoms with Crippen LogP contribution in [0.4, 0.5) is 5.69 Å². The largest absolute Gasteiger partial charge is 0.453 e. The summed E-state index contributed by atoms with van der Waals surface area (Å²) in [6.07, 6.45) is -0.0683. The number of ether oxygens (including phenoxy) is 1. The fourth-order valence-electron chi connectivity index (χ4n) is 2.00. The first-order valence-electron chi connectivity index (χ1n) is 7.35. The molecule has 0 saturated carbocycles. The summed E-state index contributed by atoms with van der Waals surface area (Å²) < 4.78 is 5.15. The Kier molecular flexibility index (Phi) is 6.18. The fourth-order valence-corrected chi connectivity index (χ4v) is 2.18. The van der Waals surface area contributed by atoms with Gasteiger partial charge in [0.15, 0.2) is 6.10 Å². The lowest BCUT2D eigenvalue weighted by Gasteiger charge is -2.14. The summed E-state index contributed by atoms with van der Waals surface area (Å²) in [6, 6.07) is 16.5. The molecule has 120 valence electrons. The van der Waals surface area contributed by atoms with E-state index in [4.69, 9.17) is 16.3 Å². The lowest BCUT2D eigenvalue weighted by molar-refractivity contribution is -0.153. The zero-order valence-electron chi connectivity index (χ0n) is 12.8. The lowest BCUT2D eigenvalue weighted by Crippen LogP contribution is -2.30. The van der Waals surface area contributed by atoms with Crippen molar-refractivity contribution in [2.75, 3.05) is 5.32 Å². The van der Waals surface area contributed by atoms with E-state index in [-0.39, 0.29) is 6.42 Å². The zero-order chi connectivity index (χ0) is 16.7. The summed E-state index contributed by atoms with van der Waals surface area (Å²) in [7, 11) is 0. The molecule has 0 fully saturated rings. The van der Waals surface area contributed by atoms with Crippen molar-refractivity contribution in [1.29, 1.82) is 0 Å². The SMILES string of the molecule is C[C@H](OC(=O)CCc1ccccc1)C(=O)Nc1ccccc1Cl. The molecule has 23 heavy (non-hydrogen) atoms. The quantitative estimate of drug-likeness (QED) is 0.818. The third kappa shape index (κ3) is 5.42. The summed E-state index contributed by atoms with van der Waals surface area (Å²) in [5, 5.41) is 3.07. The van der Waals surface area contributed by atoms with Gasteiger partial charge in [0.05, 0.1) is 10.7 Å². The molecule has 0 saturated heterocycles. The number of rotatable bonds is 6. The highest BCUT2D eigenvalue weighted by atomic mass is 35.5. The van der Waals surface area contributed by atoms with Crippen molar-refractivity contribution in [2.45, 2.75) is 25.9 Å². The van der Waals surface area contributed by atoms with Crippen molar-refractivity contribution in [2.24, 2.45) is 0 Å². The average Bonchev–Trinajstić information content (AvgIpc) is 2.56. The molecule has 2 aromatic rings. The van der Waals surface area contributed by atoms with Crippen molar-refractivity contribution in [3.05, 3.63) is 65.2 Å². The summed E-state index contributed by atoms with van der Waals surface area (Å²) in [4.78, 5) is 23.8. The zero-order valence-corrected chi connectivity index (χ0v) is 13.5. The Morgan fingerprint density at radius 3 is 2.43 bits per heavy atom. The van der Waals surface area contributed by atoms with Gasteiger partial charge in [-0.2, -0.15) is 0 Å². The maximum Gasteiger partial charge on any atom is 0.306 e. The third-order valence-corrected chi connectivity index (χ3v) is 3.60. The van der Waals surface area contributed by atoms with E-state index in [1.54, 1.807) is 24.3 Å². The number of benzene rings is 2. The first kappa shape index (κ1) is 17.0. The van der Waals surface area contributed by atoms with Gasteiger partial charge in [-0.3, -0.25) is 9.59 Å². The van der Waals surface area contributed by atoms with Gasteiger partial charge in [0.25, 0.3) is 5.91 Å². The molecule has 0 aliphatic heterocycles. The van der Waals surface area contributed by atoms with Gasteiger partial charge in [0.2, 0.25) is 0 Å². The Balaban J connectivity index is 1.81. The van der Waals surface area contributed by atoms with E-state index >= 15 is 0 Å². The van der Waals surface area contributed by atoms with Crippen molar-refractivity contribution in [1.82, 2.24) is 0 Å². The Hall–Kier alpha value is -2.33. The average molecular weight is 332 g/mol. The molecule has 0 heterocycles. The van der Waals surface area contributed by atoms with E-state index in [9.17, 15) is 9.59 Å². The first-order valence-corrected chi connectivity index (χ1v) is 7.73. The van der Waals surface area contributed by atoms with Crippen LogP contribution in [-0.4, -0.2) is 18.0 Å². The number of para-hydroxylation sites is 1. The van der Waals surface area contributed by atoms with Gasteiger partial charge >= 0.3 is 5.97 Å². The molecule has 1 N–H and O–H groups in total. The summed E-state index contributed by atoms with van der Waals surface area (Å²) in [5.41, 5.74) is 1.55. The van der Waals surface area contributed by atoms with E-state index in [0.717, 1.165) is 5.56 Å². The Labute approximate surface area is 140 Å². The number of hydrogen-bond acceptors (Lipinski definition) is 3. The predicted octanol–water partition coefficient (Wildman–Crippen LogP) is 3.84. The second kappa shape index (κ2) is 8.34. The number of aryl methyl sites for hydroxylation is 1. The van der Waals surface area contributed by atoms with Crippen LogP contribution in [0.1, 0.15) is 18.9 Å². The van der Waals surface area contributed by atoms with Crippen LogP contribution >= 0.6 is 11.6 Å². The van der Waals surface area contributed by atoms with E-state index in [1.807, 2.05) is 30.3 Å². The Morgan fingerprint density at radius 2 is 1.74 bits per heavy atom. The second-order valence-corrected chi connectivity index (χ2v) is 5.49. The molecule has 0 unspecified atom stereocenters. The number of anilines is 1. The Morgan fingerprint density at radius 1 is 1.09 bits per heavy atom. The third-order valence-electron chi connectivity index (χ3n) is 3.27. The molecule has 5 heteroatoms. The number of halogens is 1. The van der Waals surface area contributed by atoms with Gasteiger partial charge in [-0.15, -0.1) is 0 Å². The normalized spacial score (nSPS) is 11.6. The van der Waals surface area contributed by atoms with E-state index < -0.39 is 18.0 Å². The summed E-state index contributed by atoms with van der Waals surface area (Å²) in [5.74, 6) is -0.818. The topological polar surface area (TPSA) is 55.4 Å². The van der Waals surface area contributed by atoms with Crippen LogP contribution in [0, 0.1) is 0 Å². The van der Waals surface area contributed by atoms with Gasteiger partial charge in [-0.25, -0.2) is 0 Å². The molecule has 0 spiro atoms. The van der Waals surface area contributed by atoms with Crippen LogP contribution in [0.3, 0.4) is 0 Å². The van der Waals surface area contributed by atoms with Gasteiger partial charge in [0.1, 0.15) is 0 Å². The second-order valence-electron chi connectivity index (χ2n) is 5.09. The molecule has 2 rings (SSSR count). The minimum atomic E-state index is -0.880. The maximum absolute atomic E-state index is 12.0. The molecule has 0 radical (unpaired) electrons. The van der Waals surface area contributed by atoms with Gasteiger partial charge in [0, 0.05) is 6.42 Å². The van der Waals surface area contributed by atoms with Crippen molar-refractivity contribution < 1.29 is 14.3 Å². The molecule has 0 bridgehead atoms. The summed E-state index contributed by atoms with van der Waals surface area (Å²) in [6.45, 7) is 1.53. The van der Waals surface area contributed by atoms with Crippen molar-refractivity contribution in [3.8, 4) is 0 Å². The molecular formula is C18H18ClNO3. The van der Waals surface area contributed by atoms with Gasteiger partial charge in [-0.1, -0.05) is 54.1 Å². The first-order chi connectivity index (χ1) is 11.1. The summed E-state index contributed by atoms with van der Waals surface area (Å²) >= 11 is 5.97. The molecule has 0 aliphatic carbocycles. The van der Waals surface area contributed by atoms with Crippen LogP contribution in [0.15, 0.2) is 54.6 Å². The number of carbonyl (C=O) groups excluding carboxylic acids is 2. The van der Waals surface area contributed by atoms with Crippen molar-refractivity contribution in [3.63, 3.8) is 0 Å². The van der Waals surface area contributed by atoms with Crippen LogP contribution in [0.2, 0.25) is 5.02 Å². The van der Waals surface area contributed by atoms with E-state index in [2.05, 4.69) is 5.32 Å². The molecule has 1 amide bonds. The molecule has 4 nitrogen and oxygen atoms in total. The minimum absolute atomic E-state index is 0.230. The highest BCUT2D eigenvalue weighted by Crippen LogP contribution is 2.20. The van der Waals surface area contributed by atoms with Gasteiger partial charge in [-0.05, 0) is 31.0 Å². The van der Waals surface area contributed by atoms with Gasteiger partial charge < -0.3 is 10.1 Å². The van der Waals surface area contributed by atoms with Crippen LogP contribution in [-0.2, 0) is 20.7 Å². The van der Waals surface area contributed by atoms with Crippen LogP contribution < -0.4 is 5.32 Å². The monoisotopic (exact) mass is 331 g/mol. The minimum Gasteiger partial charge on any atom is -0.453 e. The highest BCUT2D eigenvalue weighted by Gasteiger charge is 2.18. The molecule has 0 aliphatic rings. The number of carbonyl (C=O) groups is 2. The lowest BCUT2D eigenvalue weighted by atomic mass is 10.1. The van der Waals surface area contributed by atoms with E-state index in [1.165, 1.54) is 6.92 Å².